The predicted molar refractivity (Wildman–Crippen MR) is 127 cm³/mol. The van der Waals surface area contributed by atoms with Crippen molar-refractivity contribution in [3.05, 3.63) is 36.2 Å². The molecular formula is C23H29FN8O2. The topological polar surface area (TPSA) is 120 Å². The van der Waals surface area contributed by atoms with Crippen LogP contribution in [-0.4, -0.2) is 60.8 Å². The molecule has 0 spiro atoms. The van der Waals surface area contributed by atoms with E-state index in [9.17, 15) is 9.50 Å². The molecular weight excluding hydrogens is 439 g/mol. The summed E-state index contributed by atoms with van der Waals surface area (Å²) in [6.07, 6.45) is 5.66. The summed E-state index contributed by atoms with van der Waals surface area (Å²) in [4.78, 5) is 11.5. The number of hydrogen-bond donors (Lipinski definition) is 2. The molecule has 2 unspecified atom stereocenters. The summed E-state index contributed by atoms with van der Waals surface area (Å²) in [5.41, 5.74) is 7.59. The molecule has 1 aliphatic rings. The zero-order chi connectivity index (χ0) is 24.2. The first kappa shape index (κ1) is 22.3. The zero-order valence-corrected chi connectivity index (χ0v) is 19.7. The number of nitrogens with two attached hydrogens (primary N) is 1. The van der Waals surface area contributed by atoms with E-state index in [4.69, 9.17) is 15.5 Å². The molecule has 1 aliphatic heterocycles. The van der Waals surface area contributed by atoms with Crippen molar-refractivity contribution in [3.63, 3.8) is 0 Å². The molecule has 180 valence electrons. The monoisotopic (exact) mass is 468 g/mol. The van der Waals surface area contributed by atoms with Gasteiger partial charge in [0.1, 0.15) is 17.1 Å². The highest BCUT2D eigenvalue weighted by molar-refractivity contribution is 5.95. The van der Waals surface area contributed by atoms with Crippen molar-refractivity contribution in [1.29, 1.82) is 0 Å². The number of halogens is 1. The lowest BCUT2D eigenvalue weighted by molar-refractivity contribution is 0.152. The van der Waals surface area contributed by atoms with Crippen molar-refractivity contribution in [2.75, 3.05) is 30.9 Å². The summed E-state index contributed by atoms with van der Waals surface area (Å²) < 4.78 is 22.8. The number of nitrogen functional groups attached to an aromatic ring is 1. The number of piperidine rings is 1. The van der Waals surface area contributed by atoms with Gasteiger partial charge in [0.2, 0.25) is 5.95 Å². The van der Waals surface area contributed by atoms with Crippen molar-refractivity contribution in [2.24, 2.45) is 0 Å². The number of aliphatic hydroxyl groups excluding tert-OH is 1. The van der Waals surface area contributed by atoms with Gasteiger partial charge in [-0.2, -0.15) is 9.61 Å². The summed E-state index contributed by atoms with van der Waals surface area (Å²) in [6.45, 7) is 6.76. The third-order valence-corrected chi connectivity index (χ3v) is 6.72. The fraction of sp³-hybridized carbons (Fsp3) is 0.478. The van der Waals surface area contributed by atoms with E-state index < -0.39 is 11.4 Å². The summed E-state index contributed by atoms with van der Waals surface area (Å²) >= 11 is 0. The highest BCUT2D eigenvalue weighted by atomic mass is 19.1. The number of anilines is 2. The van der Waals surface area contributed by atoms with Crippen LogP contribution in [0.4, 0.5) is 16.0 Å². The minimum absolute atomic E-state index is 0.00768. The number of fused-ring (bicyclic) bond motifs is 3. The number of ether oxygens (including phenoxy) is 1. The van der Waals surface area contributed by atoms with Gasteiger partial charge >= 0.3 is 0 Å². The Kier molecular flexibility index (Phi) is 5.31. The Balaban J connectivity index is 1.52. The first-order valence-corrected chi connectivity index (χ1v) is 11.3. The Hall–Kier alpha value is -3.47. The number of hydrogen-bond acceptors (Lipinski definition) is 8. The Bertz CT molecular complexity index is 1360. The molecule has 3 aromatic heterocycles. The van der Waals surface area contributed by atoms with Crippen LogP contribution in [0, 0.1) is 5.82 Å². The van der Waals surface area contributed by atoms with Crippen LogP contribution in [0.2, 0.25) is 0 Å². The van der Waals surface area contributed by atoms with E-state index in [1.807, 2.05) is 26.2 Å². The zero-order valence-electron chi connectivity index (χ0n) is 19.7. The van der Waals surface area contributed by atoms with Crippen molar-refractivity contribution in [1.82, 2.24) is 29.4 Å². The average molecular weight is 469 g/mol. The van der Waals surface area contributed by atoms with Gasteiger partial charge < -0.3 is 20.5 Å². The molecule has 11 heteroatoms. The highest BCUT2D eigenvalue weighted by Gasteiger charge is 2.31. The van der Waals surface area contributed by atoms with Crippen molar-refractivity contribution in [3.8, 4) is 5.75 Å². The molecule has 0 amide bonds. The van der Waals surface area contributed by atoms with Crippen molar-refractivity contribution >= 4 is 28.2 Å². The SMILES string of the molecule is COc1cc(F)cc2c1nc(N)n1nc(C3CCC(C)N(c4cnn(C(C)(C)CO)c4)C3)nc21. The summed E-state index contributed by atoms with van der Waals surface area (Å²) in [5.74, 6) is 0.719. The molecule has 4 aromatic rings. The lowest BCUT2D eigenvalue weighted by Gasteiger charge is -2.38. The fourth-order valence-electron chi connectivity index (χ4n) is 4.56. The molecule has 0 radical (unpaired) electrons. The van der Waals surface area contributed by atoms with Gasteiger partial charge in [0.05, 0.1) is 36.5 Å². The molecule has 5 rings (SSSR count). The molecule has 0 aliphatic carbocycles. The van der Waals surface area contributed by atoms with Gasteiger partial charge in [-0.1, -0.05) is 0 Å². The van der Waals surface area contributed by atoms with Gasteiger partial charge in [-0.15, -0.1) is 5.10 Å². The second kappa shape index (κ2) is 8.08. The van der Waals surface area contributed by atoms with E-state index in [-0.39, 0.29) is 18.5 Å². The molecule has 4 heterocycles. The van der Waals surface area contributed by atoms with Crippen LogP contribution in [0.3, 0.4) is 0 Å². The van der Waals surface area contributed by atoms with Gasteiger partial charge in [0.25, 0.3) is 0 Å². The third kappa shape index (κ3) is 3.60. The fourth-order valence-corrected chi connectivity index (χ4v) is 4.56. The van der Waals surface area contributed by atoms with Crippen LogP contribution in [-0.2, 0) is 5.54 Å². The second-order valence-electron chi connectivity index (χ2n) is 9.57. The lowest BCUT2D eigenvalue weighted by Crippen LogP contribution is -2.41. The highest BCUT2D eigenvalue weighted by Crippen LogP contribution is 2.34. The lowest BCUT2D eigenvalue weighted by atomic mass is 9.92. The maximum absolute atomic E-state index is 14.2. The van der Waals surface area contributed by atoms with Gasteiger partial charge in [0.15, 0.2) is 11.5 Å². The summed E-state index contributed by atoms with van der Waals surface area (Å²) in [5, 5.41) is 19.3. The average Bonchev–Trinajstić information content (AvgIpc) is 3.48. The van der Waals surface area contributed by atoms with Crippen LogP contribution in [0.25, 0.3) is 16.6 Å². The molecule has 0 saturated carbocycles. The van der Waals surface area contributed by atoms with E-state index in [0.29, 0.717) is 40.7 Å². The number of methoxy groups -OCH3 is 1. The number of rotatable bonds is 5. The number of nitrogens with zero attached hydrogens (tertiary/aromatic N) is 7. The van der Waals surface area contributed by atoms with Gasteiger partial charge in [0, 0.05) is 30.8 Å². The third-order valence-electron chi connectivity index (χ3n) is 6.72. The Morgan fingerprint density at radius 3 is 2.79 bits per heavy atom. The molecule has 1 saturated heterocycles. The van der Waals surface area contributed by atoms with E-state index in [0.717, 1.165) is 18.5 Å². The van der Waals surface area contributed by atoms with Crippen LogP contribution >= 0.6 is 0 Å². The van der Waals surface area contributed by atoms with E-state index >= 15 is 0 Å². The molecule has 3 N–H and O–H groups in total. The van der Waals surface area contributed by atoms with E-state index in [1.54, 1.807) is 4.68 Å². The number of aromatic nitrogens is 6. The predicted octanol–water partition coefficient (Wildman–Crippen LogP) is 2.70. The Morgan fingerprint density at radius 2 is 2.06 bits per heavy atom. The molecule has 1 fully saturated rings. The minimum atomic E-state index is -0.484. The van der Waals surface area contributed by atoms with E-state index in [1.165, 1.54) is 23.8 Å². The standard InChI is InChI=1S/C23H29FN8O2/c1-13-5-6-14(10-30(13)16-9-26-31(11-16)23(2,3)12-33)20-28-21-17-7-15(24)8-18(34-4)19(17)27-22(25)32(21)29-20/h7-9,11,13-14,33H,5-6,10,12H2,1-4H3,(H2,25,27). The minimum Gasteiger partial charge on any atom is -0.494 e. The first-order valence-electron chi connectivity index (χ1n) is 11.3. The van der Waals surface area contributed by atoms with Crippen molar-refractivity contribution in [2.45, 2.75) is 51.1 Å². The van der Waals surface area contributed by atoms with Crippen LogP contribution in [0.1, 0.15) is 45.4 Å². The number of benzene rings is 1. The molecule has 1 aromatic carbocycles. The second-order valence-corrected chi connectivity index (χ2v) is 9.57. The first-order chi connectivity index (χ1) is 16.2. The largest absolute Gasteiger partial charge is 0.494 e. The maximum atomic E-state index is 14.2. The van der Waals surface area contributed by atoms with Crippen LogP contribution in [0.15, 0.2) is 24.5 Å². The van der Waals surface area contributed by atoms with Gasteiger partial charge in [-0.25, -0.2) is 14.4 Å². The summed E-state index contributed by atoms with van der Waals surface area (Å²) in [7, 11) is 1.47. The van der Waals surface area contributed by atoms with Gasteiger partial charge in [-0.05, 0) is 39.7 Å². The maximum Gasteiger partial charge on any atom is 0.223 e. The quantitative estimate of drug-likeness (QED) is 0.459. The Morgan fingerprint density at radius 1 is 1.26 bits per heavy atom. The summed E-state index contributed by atoms with van der Waals surface area (Å²) in [6, 6.07) is 2.97. The van der Waals surface area contributed by atoms with Crippen LogP contribution in [0.5, 0.6) is 5.75 Å². The normalized spacial score (nSPS) is 19.3. The molecule has 0 bridgehead atoms. The molecule has 10 nitrogen and oxygen atoms in total. The molecule has 2 atom stereocenters. The van der Waals surface area contributed by atoms with Crippen molar-refractivity contribution < 1.29 is 14.2 Å². The van der Waals surface area contributed by atoms with E-state index in [2.05, 4.69) is 27.0 Å². The number of aliphatic hydroxyl groups is 1. The van der Waals surface area contributed by atoms with Gasteiger partial charge in [-0.3, -0.25) is 4.68 Å². The van der Waals surface area contributed by atoms with Crippen LogP contribution < -0.4 is 15.4 Å². The molecule has 34 heavy (non-hydrogen) atoms. The Labute approximate surface area is 196 Å². The smallest absolute Gasteiger partial charge is 0.223 e.